The molecule has 0 unspecified atom stereocenters. The quantitative estimate of drug-likeness (QED) is 0.184. The van der Waals surface area contributed by atoms with Gasteiger partial charge in [-0.3, -0.25) is 0 Å². The number of aromatic nitrogens is 2. The number of hydrogen-bond acceptors (Lipinski definition) is 2. The molecule has 0 aliphatic heterocycles. The summed E-state index contributed by atoms with van der Waals surface area (Å²) in [7, 11) is 1.66. The van der Waals surface area contributed by atoms with Crippen LogP contribution in [0, 0.1) is 0 Å². The number of phenolic OH excluding ortho intramolecular Hbond substituents is 1. The summed E-state index contributed by atoms with van der Waals surface area (Å²) in [5.74, 6) is 0.185. The first-order valence-electron chi connectivity index (χ1n) is 15.3. The van der Waals surface area contributed by atoms with E-state index in [1.807, 2.05) is 30.3 Å². The van der Waals surface area contributed by atoms with Gasteiger partial charge in [-0.25, -0.2) is 0 Å². The van der Waals surface area contributed by atoms with E-state index in [1.54, 1.807) is 13.1 Å². The second kappa shape index (κ2) is 11.4. The van der Waals surface area contributed by atoms with Crippen LogP contribution >= 0.6 is 0 Å². The number of nitrogens with one attached hydrogen (secondary N) is 1. The van der Waals surface area contributed by atoms with Crippen molar-refractivity contribution in [1.29, 1.82) is 0 Å². The van der Waals surface area contributed by atoms with Crippen molar-refractivity contribution in [3.63, 3.8) is 0 Å². The van der Waals surface area contributed by atoms with Crippen LogP contribution in [-0.4, -0.2) is 21.7 Å². The molecule has 0 saturated carbocycles. The summed E-state index contributed by atoms with van der Waals surface area (Å²) in [4.78, 5) is 3.66. The van der Waals surface area contributed by atoms with Crippen molar-refractivity contribution in [3.05, 3.63) is 145 Å². The Balaban J connectivity index is 0.000000162. The molecule has 0 bridgehead atoms. The number of benzene rings is 7. The summed E-state index contributed by atoms with van der Waals surface area (Å²) in [5, 5.41) is 23.4. The molecular formula is C41H28N3O2W-. The maximum Gasteiger partial charge on any atom is 0.139 e. The minimum absolute atomic E-state index is 0. The maximum atomic E-state index is 10.1. The van der Waals surface area contributed by atoms with Gasteiger partial charge in [-0.1, -0.05) is 96.7 Å². The van der Waals surface area contributed by atoms with E-state index >= 15 is 0 Å². The number of furan rings is 1. The van der Waals surface area contributed by atoms with Gasteiger partial charge in [0, 0.05) is 64.7 Å². The van der Waals surface area contributed by atoms with Gasteiger partial charge >= 0.3 is 0 Å². The van der Waals surface area contributed by atoms with Crippen LogP contribution in [0.4, 0.5) is 5.69 Å². The number of para-hydroxylation sites is 3. The van der Waals surface area contributed by atoms with Crippen LogP contribution in [0.2, 0.25) is 0 Å². The molecule has 0 aliphatic carbocycles. The predicted molar refractivity (Wildman–Crippen MR) is 192 cm³/mol. The molecule has 0 spiro atoms. The molecule has 0 saturated heterocycles. The van der Waals surface area contributed by atoms with Gasteiger partial charge in [0.1, 0.15) is 16.9 Å². The van der Waals surface area contributed by atoms with Crippen LogP contribution in [0.25, 0.3) is 87.3 Å². The minimum atomic E-state index is 0. The molecule has 0 fully saturated rings. The first-order chi connectivity index (χ1) is 22.7. The van der Waals surface area contributed by atoms with Gasteiger partial charge in [0.25, 0.3) is 0 Å². The summed E-state index contributed by atoms with van der Waals surface area (Å²) < 4.78 is 8.00. The standard InChI is InChI=1S/C28H18N2.C13H10NO2.W/c1-2-8-19-16-25-24(15-18(19)7-1)21-14-13-20(17-26(21)29-25)30-27-11-5-3-9-22(27)23-10-4-6-12-28(23)30;1-14-9-6-7-11-12(13(9)15)8-4-2-3-5-10(8)16-11;/h1-17,29H;2-7,15H,1H3;/q;-1;. The third-order valence-electron chi connectivity index (χ3n) is 9.02. The molecule has 47 heavy (non-hydrogen) atoms. The van der Waals surface area contributed by atoms with E-state index in [1.165, 1.54) is 60.1 Å². The normalized spacial score (nSPS) is 11.4. The smallest absolute Gasteiger partial charge is 0.139 e. The van der Waals surface area contributed by atoms with Crippen molar-refractivity contribution in [2.45, 2.75) is 0 Å². The van der Waals surface area contributed by atoms with Gasteiger partial charge in [-0.2, -0.15) is 0 Å². The summed E-state index contributed by atoms with van der Waals surface area (Å²) in [6.07, 6.45) is 0. The number of aromatic amines is 1. The summed E-state index contributed by atoms with van der Waals surface area (Å²) >= 11 is 0. The average molecular weight is 779 g/mol. The van der Waals surface area contributed by atoms with Gasteiger partial charge < -0.3 is 24.4 Å². The van der Waals surface area contributed by atoms with E-state index in [2.05, 4.69) is 118 Å². The Labute approximate surface area is 284 Å². The first kappa shape index (κ1) is 28.9. The molecule has 0 aliphatic rings. The van der Waals surface area contributed by atoms with Crippen molar-refractivity contribution < 1.29 is 30.6 Å². The Morgan fingerprint density at radius 2 is 1.19 bits per heavy atom. The summed E-state index contributed by atoms with van der Waals surface area (Å²) in [6.45, 7) is 0. The molecule has 0 atom stereocenters. The Kier molecular flexibility index (Phi) is 7.00. The fourth-order valence-corrected chi connectivity index (χ4v) is 6.89. The number of phenols is 1. The number of fused-ring (bicyclic) bond motifs is 10. The second-order valence-corrected chi connectivity index (χ2v) is 11.6. The largest absolute Gasteiger partial charge is 0.684 e. The molecule has 0 radical (unpaired) electrons. The topological polar surface area (TPSA) is 68.2 Å². The summed E-state index contributed by atoms with van der Waals surface area (Å²) in [5.41, 5.74) is 8.05. The van der Waals surface area contributed by atoms with Crippen LogP contribution < -0.4 is 0 Å². The van der Waals surface area contributed by atoms with Crippen molar-refractivity contribution in [3.8, 4) is 11.4 Å². The van der Waals surface area contributed by atoms with Crippen LogP contribution in [-0.2, 0) is 21.1 Å². The minimum Gasteiger partial charge on any atom is -0.684 e. The Bertz CT molecular complexity index is 2720. The van der Waals surface area contributed by atoms with Gasteiger partial charge in [0.05, 0.1) is 16.4 Å². The number of rotatable bonds is 2. The molecule has 7 aromatic carbocycles. The summed E-state index contributed by atoms with van der Waals surface area (Å²) in [6, 6.07) is 48.4. The van der Waals surface area contributed by atoms with Gasteiger partial charge in [-0.05, 0) is 59.3 Å². The molecular weight excluding hydrogens is 750 g/mol. The predicted octanol–water partition coefficient (Wildman–Crippen LogP) is 11.5. The van der Waals surface area contributed by atoms with Crippen molar-refractivity contribution >= 4 is 82.0 Å². The van der Waals surface area contributed by atoms with Crippen LogP contribution in [0.3, 0.4) is 0 Å². The zero-order valence-corrected chi connectivity index (χ0v) is 28.4. The van der Waals surface area contributed by atoms with Crippen LogP contribution in [0.5, 0.6) is 5.75 Å². The van der Waals surface area contributed by atoms with E-state index < -0.39 is 0 Å². The molecule has 0 amide bonds. The Morgan fingerprint density at radius 1 is 0.574 bits per heavy atom. The SMILES string of the molecule is C[N-]c1ccc2oc3ccccc3c2c1O.[W].c1ccc2cc3c(cc2c1)[nH]c1cc(-n2c4ccccc4c4ccccc42)ccc13. The molecule has 6 heteroatoms. The first-order valence-corrected chi connectivity index (χ1v) is 15.3. The molecule has 3 heterocycles. The van der Waals surface area contributed by atoms with E-state index in [0.29, 0.717) is 11.3 Å². The van der Waals surface area contributed by atoms with Gasteiger partial charge in [0.15, 0.2) is 0 Å². The third kappa shape index (κ3) is 4.58. The Morgan fingerprint density at radius 3 is 1.91 bits per heavy atom. The monoisotopic (exact) mass is 778 g/mol. The zero-order valence-electron chi connectivity index (χ0n) is 25.4. The fourth-order valence-electron chi connectivity index (χ4n) is 6.89. The molecule has 10 aromatic rings. The van der Waals surface area contributed by atoms with E-state index in [9.17, 15) is 5.11 Å². The van der Waals surface area contributed by atoms with E-state index in [4.69, 9.17) is 4.42 Å². The molecule has 10 rings (SSSR count). The molecule has 226 valence electrons. The van der Waals surface area contributed by atoms with Crippen molar-refractivity contribution in [2.24, 2.45) is 0 Å². The van der Waals surface area contributed by atoms with Crippen LogP contribution in [0.15, 0.2) is 144 Å². The third-order valence-corrected chi connectivity index (χ3v) is 9.02. The van der Waals surface area contributed by atoms with Crippen LogP contribution in [0.1, 0.15) is 0 Å². The molecule has 5 nitrogen and oxygen atoms in total. The Hall–Kier alpha value is -5.51. The number of nitrogens with zero attached hydrogens (tertiary/aromatic N) is 2. The number of aromatic hydroxyl groups is 1. The van der Waals surface area contributed by atoms with Crippen molar-refractivity contribution in [1.82, 2.24) is 9.55 Å². The van der Waals surface area contributed by atoms with Gasteiger partial charge in [0.2, 0.25) is 0 Å². The molecule has 2 N–H and O–H groups in total. The average Bonchev–Trinajstić information content (AvgIpc) is 3.77. The van der Waals surface area contributed by atoms with Crippen molar-refractivity contribution in [2.75, 3.05) is 7.05 Å². The maximum absolute atomic E-state index is 10.1. The van der Waals surface area contributed by atoms with E-state index in [-0.39, 0.29) is 26.8 Å². The van der Waals surface area contributed by atoms with Gasteiger partial charge in [-0.15, -0.1) is 7.05 Å². The number of hydrogen-bond donors (Lipinski definition) is 2. The zero-order chi connectivity index (χ0) is 30.8. The fraction of sp³-hybridized carbons (Fsp3) is 0.0244. The van der Waals surface area contributed by atoms with E-state index in [0.717, 1.165) is 16.4 Å². The number of H-pyrrole nitrogens is 1. The molecule has 3 aromatic heterocycles. The second-order valence-electron chi connectivity index (χ2n) is 11.6.